The average molecular weight is 556 g/mol. The Hall–Kier alpha value is -2.75. The fourth-order valence-corrected chi connectivity index (χ4v) is 7.24. The van der Waals surface area contributed by atoms with Crippen molar-refractivity contribution in [2.75, 3.05) is 13.1 Å². The van der Waals surface area contributed by atoms with E-state index in [1.165, 1.54) is 3.97 Å². The second-order valence-corrected chi connectivity index (χ2v) is 12.9. The third kappa shape index (κ3) is 4.15. The monoisotopic (exact) mass is 555 g/mol. The summed E-state index contributed by atoms with van der Waals surface area (Å²) in [5, 5.41) is 10.9. The average Bonchev–Trinajstić information content (AvgIpc) is 3.39. The number of benzene rings is 1. The molecule has 2 atom stereocenters. The van der Waals surface area contributed by atoms with E-state index < -0.39 is 20.4 Å². The quantitative estimate of drug-likeness (QED) is 0.512. The number of hydrogen-bond acceptors (Lipinski definition) is 5. The molecule has 1 N–H and O–H groups in total. The van der Waals surface area contributed by atoms with Crippen molar-refractivity contribution in [3.8, 4) is 11.1 Å². The van der Waals surface area contributed by atoms with Crippen LogP contribution < -0.4 is 0 Å². The van der Waals surface area contributed by atoms with Gasteiger partial charge < -0.3 is 10.0 Å². The van der Waals surface area contributed by atoms with Gasteiger partial charge in [0.1, 0.15) is 4.75 Å². The standard InChI is InChI=1S/C26H26BrN3O4S/c1-25(32)12-14-29(17-25)24(31)19-9-7-18(8-10-19)22-16-30(23-21(22)6-4-13-28-23)35(33,34)26(2)11-3-5-20(27)15-26/h3-10,13,15-16,32H,11-12,14,17H2,1-2H3. The molecule has 2 aromatic heterocycles. The zero-order valence-electron chi connectivity index (χ0n) is 19.5. The van der Waals surface area contributed by atoms with E-state index in [1.54, 1.807) is 55.4 Å². The van der Waals surface area contributed by atoms with Gasteiger partial charge in [0.05, 0.1) is 5.60 Å². The molecule has 7 nitrogen and oxygen atoms in total. The second kappa shape index (κ2) is 8.43. The fourth-order valence-electron chi connectivity index (χ4n) is 4.75. The lowest BCUT2D eigenvalue weighted by molar-refractivity contribution is 0.0572. The molecular weight excluding hydrogens is 530 g/mol. The van der Waals surface area contributed by atoms with Crippen LogP contribution in [0, 0.1) is 0 Å². The molecule has 1 saturated heterocycles. The number of rotatable bonds is 4. The summed E-state index contributed by atoms with van der Waals surface area (Å²) in [5.74, 6) is -0.128. The minimum Gasteiger partial charge on any atom is -0.388 e. The Kier molecular flexibility index (Phi) is 5.77. The van der Waals surface area contributed by atoms with Crippen LogP contribution >= 0.6 is 15.9 Å². The highest BCUT2D eigenvalue weighted by Gasteiger charge is 2.40. The maximum absolute atomic E-state index is 13.8. The van der Waals surface area contributed by atoms with Gasteiger partial charge in [-0.25, -0.2) is 17.4 Å². The molecule has 1 aliphatic heterocycles. The molecule has 1 amide bonds. The Morgan fingerprint density at radius 2 is 1.91 bits per heavy atom. The summed E-state index contributed by atoms with van der Waals surface area (Å²) < 4.78 is 28.5. The minimum atomic E-state index is -3.84. The first-order chi connectivity index (χ1) is 16.5. The summed E-state index contributed by atoms with van der Waals surface area (Å²) in [4.78, 5) is 18.9. The maximum Gasteiger partial charge on any atom is 0.253 e. The zero-order chi connectivity index (χ0) is 25.0. The first kappa shape index (κ1) is 24.0. The number of carbonyl (C=O) groups excluding carboxylic acids is 1. The Bertz CT molecular complexity index is 1490. The van der Waals surface area contributed by atoms with E-state index >= 15 is 0 Å². The third-order valence-electron chi connectivity index (χ3n) is 6.81. The Morgan fingerprint density at radius 3 is 2.57 bits per heavy atom. The van der Waals surface area contributed by atoms with Crippen LogP contribution in [0.25, 0.3) is 22.2 Å². The lowest BCUT2D eigenvalue weighted by Gasteiger charge is -2.27. The Balaban J connectivity index is 1.53. The molecule has 5 rings (SSSR count). The summed E-state index contributed by atoms with van der Waals surface area (Å²) in [5.41, 5.74) is 1.54. The van der Waals surface area contributed by atoms with Gasteiger partial charge in [-0.2, -0.15) is 0 Å². The van der Waals surface area contributed by atoms with Crippen LogP contribution in [0.5, 0.6) is 0 Å². The van der Waals surface area contributed by atoms with Gasteiger partial charge in [-0.1, -0.05) is 40.2 Å². The van der Waals surface area contributed by atoms with Crippen molar-refractivity contribution in [3.63, 3.8) is 0 Å². The van der Waals surface area contributed by atoms with Gasteiger partial charge in [0, 0.05) is 46.5 Å². The van der Waals surface area contributed by atoms with Gasteiger partial charge in [-0.05, 0) is 62.6 Å². The number of likely N-dealkylation sites (tertiary alicyclic amines) is 1. The van der Waals surface area contributed by atoms with Gasteiger partial charge in [0.2, 0.25) is 10.0 Å². The van der Waals surface area contributed by atoms with Crippen molar-refractivity contribution >= 4 is 42.9 Å². The number of β-amino-alcohol motifs (C(OH)–C–C–N with tert-alkyl or cyclic N) is 1. The van der Waals surface area contributed by atoms with Crippen LogP contribution in [0.3, 0.4) is 0 Å². The van der Waals surface area contributed by atoms with Gasteiger partial charge in [0.15, 0.2) is 5.65 Å². The van der Waals surface area contributed by atoms with Crippen molar-refractivity contribution in [3.05, 3.63) is 77.1 Å². The first-order valence-electron chi connectivity index (χ1n) is 11.4. The Morgan fingerprint density at radius 1 is 1.17 bits per heavy atom. The molecule has 3 aromatic rings. The summed E-state index contributed by atoms with van der Waals surface area (Å²) in [6.45, 7) is 4.27. The number of fused-ring (bicyclic) bond motifs is 1. The van der Waals surface area contributed by atoms with Crippen molar-refractivity contribution < 1.29 is 18.3 Å². The van der Waals surface area contributed by atoms with Crippen LogP contribution in [0.2, 0.25) is 0 Å². The molecule has 182 valence electrons. The predicted molar refractivity (Wildman–Crippen MR) is 140 cm³/mol. The fraction of sp³-hybridized carbons (Fsp3) is 0.308. The van der Waals surface area contributed by atoms with Crippen molar-refractivity contribution in [2.24, 2.45) is 0 Å². The van der Waals surface area contributed by atoms with E-state index in [-0.39, 0.29) is 5.91 Å². The van der Waals surface area contributed by atoms with Gasteiger partial charge >= 0.3 is 0 Å². The normalized spacial score (nSPS) is 24.7. The molecule has 0 saturated carbocycles. The van der Waals surface area contributed by atoms with Crippen LogP contribution in [0.4, 0.5) is 0 Å². The molecule has 2 unspecified atom stereocenters. The molecule has 3 heterocycles. The lowest BCUT2D eigenvalue weighted by atomic mass is 10.0. The highest BCUT2D eigenvalue weighted by atomic mass is 79.9. The van der Waals surface area contributed by atoms with Crippen LogP contribution in [0.1, 0.15) is 37.0 Å². The summed E-state index contributed by atoms with van der Waals surface area (Å²) in [6.07, 6.45) is 9.52. The number of amides is 1. The number of halogens is 1. The van der Waals surface area contributed by atoms with E-state index in [2.05, 4.69) is 20.9 Å². The van der Waals surface area contributed by atoms with E-state index in [9.17, 15) is 18.3 Å². The molecule has 0 spiro atoms. The predicted octanol–water partition coefficient (Wildman–Crippen LogP) is 4.48. The minimum absolute atomic E-state index is 0.128. The van der Waals surface area contributed by atoms with E-state index in [1.807, 2.05) is 30.4 Å². The lowest BCUT2D eigenvalue weighted by Crippen LogP contribution is -2.38. The van der Waals surface area contributed by atoms with E-state index in [0.717, 1.165) is 15.6 Å². The van der Waals surface area contributed by atoms with Gasteiger partial charge in [-0.15, -0.1) is 0 Å². The van der Waals surface area contributed by atoms with Crippen molar-refractivity contribution in [1.82, 2.24) is 13.9 Å². The highest BCUT2D eigenvalue weighted by molar-refractivity contribution is 9.11. The third-order valence-corrected chi connectivity index (χ3v) is 9.56. The van der Waals surface area contributed by atoms with E-state index in [0.29, 0.717) is 42.5 Å². The van der Waals surface area contributed by atoms with Crippen molar-refractivity contribution in [2.45, 2.75) is 37.0 Å². The largest absolute Gasteiger partial charge is 0.388 e. The molecule has 9 heteroatoms. The number of aliphatic hydroxyl groups is 1. The molecule has 0 radical (unpaired) electrons. The zero-order valence-corrected chi connectivity index (χ0v) is 21.9. The summed E-state index contributed by atoms with van der Waals surface area (Å²) in [6, 6.07) is 10.8. The van der Waals surface area contributed by atoms with Crippen molar-refractivity contribution in [1.29, 1.82) is 0 Å². The molecule has 1 aliphatic carbocycles. The number of aromatic nitrogens is 2. The van der Waals surface area contributed by atoms with Gasteiger partial charge in [-0.3, -0.25) is 4.79 Å². The van der Waals surface area contributed by atoms with Crippen LogP contribution in [-0.4, -0.2) is 56.7 Å². The van der Waals surface area contributed by atoms with Crippen LogP contribution in [0.15, 0.2) is 71.5 Å². The Labute approximate surface area is 213 Å². The number of pyridine rings is 1. The van der Waals surface area contributed by atoms with Gasteiger partial charge in [0.25, 0.3) is 5.91 Å². The first-order valence-corrected chi connectivity index (χ1v) is 13.6. The molecule has 35 heavy (non-hydrogen) atoms. The topological polar surface area (TPSA) is 92.5 Å². The number of nitrogens with zero attached hydrogens (tertiary/aromatic N) is 3. The SMILES string of the molecule is CC1(O)CCN(C(=O)c2ccc(-c3cn(S(=O)(=O)C4(C)C=C(Br)C=CC4)c4ncccc34)cc2)C1. The molecule has 1 fully saturated rings. The number of hydrogen-bond donors (Lipinski definition) is 1. The highest BCUT2D eigenvalue weighted by Crippen LogP contribution is 2.37. The number of carbonyl (C=O) groups is 1. The molecule has 0 bridgehead atoms. The molecule has 2 aliphatic rings. The van der Waals surface area contributed by atoms with E-state index in [4.69, 9.17) is 0 Å². The number of allylic oxidation sites excluding steroid dienone is 3. The smallest absolute Gasteiger partial charge is 0.253 e. The maximum atomic E-state index is 13.8. The summed E-state index contributed by atoms with van der Waals surface area (Å²) >= 11 is 3.41. The second-order valence-electron chi connectivity index (χ2n) is 9.72. The molecular formula is C26H26BrN3O4S. The van der Waals surface area contributed by atoms with Crippen LogP contribution in [-0.2, 0) is 10.0 Å². The summed E-state index contributed by atoms with van der Waals surface area (Å²) in [7, 11) is -3.84. The molecule has 1 aromatic carbocycles.